The Balaban J connectivity index is 2.21. The van der Waals surface area contributed by atoms with Gasteiger partial charge < -0.3 is 5.32 Å². The number of benzene rings is 1. The van der Waals surface area contributed by atoms with Crippen molar-refractivity contribution < 1.29 is 9.59 Å². The highest BCUT2D eigenvalue weighted by molar-refractivity contribution is 6.04. The maximum absolute atomic E-state index is 12.5. The number of ketones is 1. The number of carbonyl (C=O) groups excluding carboxylic acids is 2. The molecule has 0 bridgehead atoms. The van der Waals surface area contributed by atoms with Crippen molar-refractivity contribution in [2.24, 2.45) is 5.41 Å². The summed E-state index contributed by atoms with van der Waals surface area (Å²) < 4.78 is 0. The number of carbonyl (C=O) groups is 2. The van der Waals surface area contributed by atoms with Gasteiger partial charge in [-0.3, -0.25) is 9.59 Å². The Bertz CT molecular complexity index is 487. The van der Waals surface area contributed by atoms with Gasteiger partial charge >= 0.3 is 0 Å². The van der Waals surface area contributed by atoms with Gasteiger partial charge in [0.05, 0.1) is 5.69 Å². The monoisotopic (exact) mass is 259 g/mol. The third-order valence-electron chi connectivity index (χ3n) is 4.27. The van der Waals surface area contributed by atoms with Gasteiger partial charge in [0.25, 0.3) is 0 Å². The van der Waals surface area contributed by atoms with Crippen LogP contribution in [0.2, 0.25) is 0 Å². The molecule has 0 aliphatic heterocycles. The predicted molar refractivity (Wildman–Crippen MR) is 76.3 cm³/mol. The summed E-state index contributed by atoms with van der Waals surface area (Å²) in [4.78, 5) is 24.1. The Hall–Kier alpha value is -1.64. The van der Waals surface area contributed by atoms with Crippen molar-refractivity contribution in [2.75, 3.05) is 5.32 Å². The molecule has 0 aromatic heterocycles. The topological polar surface area (TPSA) is 46.2 Å². The van der Waals surface area contributed by atoms with Crippen LogP contribution in [0.1, 0.15) is 56.3 Å². The predicted octanol–water partition coefficient (Wildman–Crippen LogP) is 3.80. The Kier molecular flexibility index (Phi) is 4.03. The highest BCUT2D eigenvalue weighted by atomic mass is 16.2. The van der Waals surface area contributed by atoms with Crippen LogP contribution in [0.5, 0.6) is 0 Å². The van der Waals surface area contributed by atoms with Gasteiger partial charge in [0.1, 0.15) is 0 Å². The van der Waals surface area contributed by atoms with Gasteiger partial charge in [0, 0.05) is 11.0 Å². The minimum Gasteiger partial charge on any atom is -0.325 e. The number of hydrogen-bond donors (Lipinski definition) is 1. The van der Waals surface area contributed by atoms with Gasteiger partial charge in [-0.15, -0.1) is 0 Å². The van der Waals surface area contributed by atoms with E-state index in [0.29, 0.717) is 11.3 Å². The Labute approximate surface area is 114 Å². The normalized spacial score (nSPS) is 17.2. The average Bonchev–Trinajstić information content (AvgIpc) is 2.89. The largest absolute Gasteiger partial charge is 0.325 e. The molecular weight excluding hydrogens is 238 g/mol. The van der Waals surface area contributed by atoms with E-state index in [0.717, 1.165) is 32.1 Å². The van der Waals surface area contributed by atoms with Crippen LogP contribution in [0.3, 0.4) is 0 Å². The molecule has 3 heteroatoms. The van der Waals surface area contributed by atoms with Crippen LogP contribution in [0.15, 0.2) is 24.3 Å². The molecule has 2 rings (SSSR count). The smallest absolute Gasteiger partial charge is 0.230 e. The summed E-state index contributed by atoms with van der Waals surface area (Å²) in [5.74, 6) is 0.0501. The molecule has 1 saturated carbocycles. The van der Waals surface area contributed by atoms with Crippen LogP contribution in [0.25, 0.3) is 0 Å². The van der Waals surface area contributed by atoms with Crippen molar-refractivity contribution in [3.8, 4) is 0 Å². The van der Waals surface area contributed by atoms with E-state index in [1.165, 1.54) is 6.92 Å². The maximum Gasteiger partial charge on any atom is 0.230 e. The van der Waals surface area contributed by atoms with Crippen LogP contribution < -0.4 is 5.32 Å². The molecule has 1 fully saturated rings. The number of nitrogens with one attached hydrogen (secondary N) is 1. The third kappa shape index (κ3) is 2.70. The molecule has 1 aromatic rings. The summed E-state index contributed by atoms with van der Waals surface area (Å²) in [5, 5.41) is 2.97. The minimum atomic E-state index is -0.232. The first kappa shape index (κ1) is 13.8. The second kappa shape index (κ2) is 5.55. The molecule has 0 unspecified atom stereocenters. The lowest BCUT2D eigenvalue weighted by molar-refractivity contribution is -0.125. The van der Waals surface area contributed by atoms with Gasteiger partial charge in [0.2, 0.25) is 5.91 Å². The van der Waals surface area contributed by atoms with E-state index in [2.05, 4.69) is 12.2 Å². The zero-order chi connectivity index (χ0) is 13.9. The first-order valence-corrected chi connectivity index (χ1v) is 7.00. The molecule has 1 aliphatic carbocycles. The van der Waals surface area contributed by atoms with Gasteiger partial charge in [-0.2, -0.15) is 0 Å². The van der Waals surface area contributed by atoms with Crippen LogP contribution in [-0.2, 0) is 4.79 Å². The fourth-order valence-electron chi connectivity index (χ4n) is 2.95. The SMILES string of the molecule is CCC1(C(=O)Nc2ccccc2C(C)=O)CCCC1. The molecule has 0 radical (unpaired) electrons. The summed E-state index contributed by atoms with van der Waals surface area (Å²) in [6, 6.07) is 7.21. The van der Waals surface area contributed by atoms with Crippen molar-refractivity contribution >= 4 is 17.4 Å². The van der Waals surface area contributed by atoms with Crippen molar-refractivity contribution in [2.45, 2.75) is 46.0 Å². The van der Waals surface area contributed by atoms with Gasteiger partial charge in [-0.05, 0) is 38.3 Å². The minimum absolute atomic E-state index is 0.0205. The summed E-state index contributed by atoms with van der Waals surface area (Å²) >= 11 is 0. The molecule has 19 heavy (non-hydrogen) atoms. The van der Waals surface area contributed by atoms with E-state index < -0.39 is 0 Å². The average molecular weight is 259 g/mol. The fraction of sp³-hybridized carbons (Fsp3) is 0.500. The molecule has 1 N–H and O–H groups in total. The molecule has 0 heterocycles. The molecule has 0 spiro atoms. The number of amides is 1. The van der Waals surface area contributed by atoms with Crippen molar-refractivity contribution in [1.29, 1.82) is 0 Å². The molecular formula is C16H21NO2. The second-order valence-electron chi connectivity index (χ2n) is 5.40. The van der Waals surface area contributed by atoms with Gasteiger partial charge in [-0.1, -0.05) is 31.9 Å². The molecule has 1 amide bonds. The van der Waals surface area contributed by atoms with E-state index >= 15 is 0 Å². The standard InChI is InChI=1S/C16H21NO2/c1-3-16(10-6-7-11-16)15(19)17-14-9-5-4-8-13(14)12(2)18/h4-5,8-9H,3,6-7,10-11H2,1-2H3,(H,17,19). The maximum atomic E-state index is 12.5. The zero-order valence-corrected chi connectivity index (χ0v) is 11.7. The van der Waals surface area contributed by atoms with E-state index in [1.807, 2.05) is 12.1 Å². The lowest BCUT2D eigenvalue weighted by atomic mass is 9.82. The highest BCUT2D eigenvalue weighted by Gasteiger charge is 2.39. The van der Waals surface area contributed by atoms with Crippen molar-refractivity contribution in [3.05, 3.63) is 29.8 Å². The number of Topliss-reactive ketones (excluding diaryl/α,β-unsaturated/α-hetero) is 1. The number of anilines is 1. The number of hydrogen-bond acceptors (Lipinski definition) is 2. The molecule has 0 saturated heterocycles. The first-order chi connectivity index (χ1) is 9.09. The quantitative estimate of drug-likeness (QED) is 0.836. The Morgan fingerprint density at radius 2 is 1.84 bits per heavy atom. The molecule has 3 nitrogen and oxygen atoms in total. The molecule has 0 atom stereocenters. The zero-order valence-electron chi connectivity index (χ0n) is 11.7. The third-order valence-corrected chi connectivity index (χ3v) is 4.27. The van der Waals surface area contributed by atoms with Crippen LogP contribution in [-0.4, -0.2) is 11.7 Å². The van der Waals surface area contributed by atoms with Crippen molar-refractivity contribution in [1.82, 2.24) is 0 Å². The summed E-state index contributed by atoms with van der Waals surface area (Å²) in [5.41, 5.74) is 0.990. The van der Waals surface area contributed by atoms with E-state index in [4.69, 9.17) is 0 Å². The van der Waals surface area contributed by atoms with Gasteiger partial charge in [-0.25, -0.2) is 0 Å². The second-order valence-corrected chi connectivity index (χ2v) is 5.40. The molecule has 1 aromatic carbocycles. The molecule has 1 aliphatic rings. The van der Waals surface area contributed by atoms with Gasteiger partial charge in [0.15, 0.2) is 5.78 Å². The molecule has 102 valence electrons. The highest BCUT2D eigenvalue weighted by Crippen LogP contribution is 2.42. The van der Waals surface area contributed by atoms with E-state index in [9.17, 15) is 9.59 Å². The lowest BCUT2D eigenvalue weighted by Crippen LogP contribution is -2.33. The van der Waals surface area contributed by atoms with Crippen molar-refractivity contribution in [3.63, 3.8) is 0 Å². The number of para-hydroxylation sites is 1. The fourth-order valence-corrected chi connectivity index (χ4v) is 2.95. The Morgan fingerprint density at radius 1 is 1.21 bits per heavy atom. The van der Waals surface area contributed by atoms with E-state index in [-0.39, 0.29) is 17.1 Å². The summed E-state index contributed by atoms with van der Waals surface area (Å²) in [7, 11) is 0. The lowest BCUT2D eigenvalue weighted by Gasteiger charge is -2.26. The van der Waals surface area contributed by atoms with E-state index in [1.54, 1.807) is 12.1 Å². The summed E-state index contributed by atoms with van der Waals surface area (Å²) in [6.45, 7) is 3.60. The van der Waals surface area contributed by atoms with Crippen LogP contribution in [0.4, 0.5) is 5.69 Å². The van der Waals surface area contributed by atoms with Crippen LogP contribution in [0, 0.1) is 5.41 Å². The Morgan fingerprint density at radius 3 is 2.42 bits per heavy atom. The number of rotatable bonds is 4. The van der Waals surface area contributed by atoms with Crippen LogP contribution >= 0.6 is 0 Å². The first-order valence-electron chi connectivity index (χ1n) is 7.00. The summed E-state index contributed by atoms with van der Waals surface area (Å²) in [6.07, 6.45) is 5.02.